The van der Waals surface area contributed by atoms with Crippen molar-refractivity contribution in [2.24, 2.45) is 0 Å². The number of ketones is 1. The predicted molar refractivity (Wildman–Crippen MR) is 69.1 cm³/mol. The molecule has 2 rings (SSSR count). The molecule has 94 valence electrons. The molecule has 0 atom stereocenters. The van der Waals surface area contributed by atoms with E-state index in [4.69, 9.17) is 9.15 Å². The van der Waals surface area contributed by atoms with E-state index in [1.807, 2.05) is 32.0 Å². The van der Waals surface area contributed by atoms with E-state index in [0.717, 1.165) is 12.2 Å². The van der Waals surface area contributed by atoms with Crippen molar-refractivity contribution in [3.8, 4) is 5.75 Å². The summed E-state index contributed by atoms with van der Waals surface area (Å²) in [6, 6.07) is 10.8. The lowest BCUT2D eigenvalue weighted by Crippen LogP contribution is -2.04. The molecule has 0 saturated heterocycles. The van der Waals surface area contributed by atoms with Gasteiger partial charge in [-0.2, -0.15) is 0 Å². The first-order valence-electron chi connectivity index (χ1n) is 6.11. The van der Waals surface area contributed by atoms with Crippen molar-refractivity contribution in [3.63, 3.8) is 0 Å². The van der Waals surface area contributed by atoms with Gasteiger partial charge in [-0.3, -0.25) is 4.79 Å². The van der Waals surface area contributed by atoms with Gasteiger partial charge in [0.15, 0.2) is 5.76 Å². The second kappa shape index (κ2) is 5.54. The molecule has 18 heavy (non-hydrogen) atoms. The van der Waals surface area contributed by atoms with Crippen molar-refractivity contribution in [2.45, 2.75) is 20.3 Å². The molecule has 0 aliphatic heterocycles. The van der Waals surface area contributed by atoms with Gasteiger partial charge in [-0.05, 0) is 31.2 Å². The van der Waals surface area contributed by atoms with Crippen LogP contribution in [0.3, 0.4) is 0 Å². The van der Waals surface area contributed by atoms with Crippen LogP contribution in [0.1, 0.15) is 35.7 Å². The molecule has 0 aliphatic carbocycles. The van der Waals surface area contributed by atoms with Crippen molar-refractivity contribution in [1.82, 2.24) is 0 Å². The fourth-order valence-electron chi connectivity index (χ4n) is 1.76. The Labute approximate surface area is 106 Å². The maximum atomic E-state index is 12.3. The lowest BCUT2D eigenvalue weighted by molar-refractivity contribution is 0.100. The zero-order chi connectivity index (χ0) is 13.0. The maximum Gasteiger partial charge on any atom is 0.231 e. The quantitative estimate of drug-likeness (QED) is 0.756. The van der Waals surface area contributed by atoms with Crippen molar-refractivity contribution < 1.29 is 13.9 Å². The van der Waals surface area contributed by atoms with Crippen molar-refractivity contribution >= 4 is 5.78 Å². The van der Waals surface area contributed by atoms with Gasteiger partial charge < -0.3 is 9.15 Å². The molecule has 1 aromatic carbocycles. The number of para-hydroxylation sites is 1. The molecule has 0 N–H and O–H groups in total. The Morgan fingerprint density at radius 3 is 2.61 bits per heavy atom. The summed E-state index contributed by atoms with van der Waals surface area (Å²) in [5, 5.41) is 0. The van der Waals surface area contributed by atoms with Crippen LogP contribution in [0.25, 0.3) is 0 Å². The molecule has 0 spiro atoms. The third-order valence-electron chi connectivity index (χ3n) is 2.67. The zero-order valence-corrected chi connectivity index (χ0v) is 10.6. The standard InChI is InChI=1S/C15H16O3/c1-3-11-9-10-14(18-11)15(16)12-7-5-6-8-13(12)17-4-2/h5-10H,3-4H2,1-2H3. The van der Waals surface area contributed by atoms with Gasteiger partial charge >= 0.3 is 0 Å². The largest absolute Gasteiger partial charge is 0.493 e. The minimum absolute atomic E-state index is 0.140. The van der Waals surface area contributed by atoms with Crippen LogP contribution >= 0.6 is 0 Å². The summed E-state index contributed by atoms with van der Waals surface area (Å²) in [5.41, 5.74) is 0.538. The summed E-state index contributed by atoms with van der Waals surface area (Å²) in [6.45, 7) is 4.41. The van der Waals surface area contributed by atoms with Crippen molar-refractivity contribution in [1.29, 1.82) is 0 Å². The maximum absolute atomic E-state index is 12.3. The molecule has 0 aliphatic rings. The topological polar surface area (TPSA) is 39.4 Å². The van der Waals surface area contributed by atoms with Crippen LogP contribution in [-0.2, 0) is 6.42 Å². The summed E-state index contributed by atoms with van der Waals surface area (Å²) in [5.74, 6) is 1.63. The highest BCUT2D eigenvalue weighted by atomic mass is 16.5. The molecule has 1 heterocycles. The summed E-state index contributed by atoms with van der Waals surface area (Å²) in [7, 11) is 0. The highest BCUT2D eigenvalue weighted by molar-refractivity contribution is 6.08. The van der Waals surface area contributed by atoms with Gasteiger partial charge in [0.2, 0.25) is 5.78 Å². The molecule has 0 radical (unpaired) electrons. The molecule has 0 saturated carbocycles. The first kappa shape index (κ1) is 12.4. The lowest BCUT2D eigenvalue weighted by Gasteiger charge is -2.07. The molecule has 3 nitrogen and oxygen atoms in total. The van der Waals surface area contributed by atoms with Gasteiger partial charge in [0.1, 0.15) is 11.5 Å². The number of aryl methyl sites for hydroxylation is 1. The second-order valence-electron chi connectivity index (χ2n) is 3.88. The Balaban J connectivity index is 2.33. The third-order valence-corrected chi connectivity index (χ3v) is 2.67. The summed E-state index contributed by atoms with van der Waals surface area (Å²) in [6.07, 6.45) is 0.778. The van der Waals surface area contributed by atoms with Crippen molar-refractivity contribution in [2.75, 3.05) is 6.61 Å². The summed E-state index contributed by atoms with van der Waals surface area (Å²) < 4.78 is 10.9. The smallest absolute Gasteiger partial charge is 0.231 e. The fraction of sp³-hybridized carbons (Fsp3) is 0.267. The van der Waals surface area contributed by atoms with E-state index < -0.39 is 0 Å². The van der Waals surface area contributed by atoms with Gasteiger partial charge in [-0.15, -0.1) is 0 Å². The highest BCUT2D eigenvalue weighted by Gasteiger charge is 2.17. The molecular formula is C15H16O3. The Bertz CT molecular complexity index is 540. The number of carbonyl (C=O) groups is 1. The van der Waals surface area contributed by atoms with Crippen LogP contribution < -0.4 is 4.74 Å². The Morgan fingerprint density at radius 2 is 1.94 bits per heavy atom. The molecule has 0 bridgehead atoms. The van der Waals surface area contributed by atoms with E-state index in [9.17, 15) is 4.79 Å². The van der Waals surface area contributed by atoms with E-state index in [1.54, 1.807) is 18.2 Å². The number of ether oxygens (including phenoxy) is 1. The summed E-state index contributed by atoms with van der Waals surface area (Å²) >= 11 is 0. The van der Waals surface area contributed by atoms with Crippen LogP contribution in [0.2, 0.25) is 0 Å². The first-order valence-corrected chi connectivity index (χ1v) is 6.11. The third kappa shape index (κ3) is 2.45. The SMILES string of the molecule is CCOc1ccccc1C(=O)c1ccc(CC)o1. The molecule has 2 aromatic rings. The molecule has 0 fully saturated rings. The van der Waals surface area contributed by atoms with Gasteiger partial charge in [0.25, 0.3) is 0 Å². The van der Waals surface area contributed by atoms with Crippen LogP contribution in [0, 0.1) is 0 Å². The van der Waals surface area contributed by atoms with E-state index in [0.29, 0.717) is 23.7 Å². The second-order valence-corrected chi connectivity index (χ2v) is 3.88. The fourth-order valence-corrected chi connectivity index (χ4v) is 1.76. The van der Waals surface area contributed by atoms with Gasteiger partial charge in [0.05, 0.1) is 12.2 Å². The Morgan fingerprint density at radius 1 is 1.17 bits per heavy atom. The van der Waals surface area contributed by atoms with Crippen LogP contribution in [-0.4, -0.2) is 12.4 Å². The average Bonchev–Trinajstić information content (AvgIpc) is 2.88. The van der Waals surface area contributed by atoms with Gasteiger partial charge in [-0.25, -0.2) is 0 Å². The number of carbonyl (C=O) groups excluding carboxylic acids is 1. The predicted octanol–water partition coefficient (Wildman–Crippen LogP) is 3.47. The van der Waals surface area contributed by atoms with Gasteiger partial charge in [0, 0.05) is 6.42 Å². The van der Waals surface area contributed by atoms with Crippen LogP contribution in [0.5, 0.6) is 5.75 Å². The lowest BCUT2D eigenvalue weighted by atomic mass is 10.1. The molecule has 1 aromatic heterocycles. The molecule has 0 unspecified atom stereocenters. The van der Waals surface area contributed by atoms with E-state index in [-0.39, 0.29) is 5.78 Å². The minimum atomic E-state index is -0.140. The molecule has 0 amide bonds. The Hall–Kier alpha value is -2.03. The normalized spacial score (nSPS) is 10.3. The number of hydrogen-bond acceptors (Lipinski definition) is 3. The Kier molecular flexibility index (Phi) is 3.82. The number of hydrogen-bond donors (Lipinski definition) is 0. The zero-order valence-electron chi connectivity index (χ0n) is 10.6. The highest BCUT2D eigenvalue weighted by Crippen LogP contribution is 2.22. The van der Waals surface area contributed by atoms with E-state index >= 15 is 0 Å². The number of rotatable bonds is 5. The van der Waals surface area contributed by atoms with Crippen molar-refractivity contribution in [3.05, 3.63) is 53.5 Å². The minimum Gasteiger partial charge on any atom is -0.493 e. The van der Waals surface area contributed by atoms with Crippen LogP contribution in [0.15, 0.2) is 40.8 Å². The first-order chi connectivity index (χ1) is 8.76. The number of benzene rings is 1. The van der Waals surface area contributed by atoms with E-state index in [2.05, 4.69) is 0 Å². The monoisotopic (exact) mass is 244 g/mol. The van der Waals surface area contributed by atoms with E-state index in [1.165, 1.54) is 0 Å². The average molecular weight is 244 g/mol. The molecular weight excluding hydrogens is 228 g/mol. The van der Waals surface area contributed by atoms with Gasteiger partial charge in [-0.1, -0.05) is 19.1 Å². The summed E-state index contributed by atoms with van der Waals surface area (Å²) in [4.78, 5) is 12.3. The number of furan rings is 1. The molecule has 3 heteroatoms. The van der Waals surface area contributed by atoms with Crippen LogP contribution in [0.4, 0.5) is 0 Å².